The van der Waals surface area contributed by atoms with Crippen LogP contribution in [0, 0.1) is 0 Å². The van der Waals surface area contributed by atoms with Crippen molar-refractivity contribution in [2.24, 2.45) is 0 Å². The highest BCUT2D eigenvalue weighted by molar-refractivity contribution is 5.92. The van der Waals surface area contributed by atoms with Crippen molar-refractivity contribution in [1.82, 2.24) is 4.98 Å². The van der Waals surface area contributed by atoms with Crippen LogP contribution in [0.15, 0.2) is 24.3 Å². The van der Waals surface area contributed by atoms with Gasteiger partial charge in [0.15, 0.2) is 0 Å². The molecular weight excluding hydrogens is 224 g/mol. The summed E-state index contributed by atoms with van der Waals surface area (Å²) in [5, 5.41) is 4.33. The second-order valence-corrected chi connectivity index (χ2v) is 5.44. The summed E-state index contributed by atoms with van der Waals surface area (Å²) in [7, 11) is 3.61. The van der Waals surface area contributed by atoms with Crippen LogP contribution in [0.5, 0.6) is 5.75 Å². The van der Waals surface area contributed by atoms with Crippen molar-refractivity contribution in [3.8, 4) is 5.75 Å². The average molecular weight is 244 g/mol. The molecule has 1 heterocycles. The number of aromatic nitrogens is 1. The third-order valence-corrected chi connectivity index (χ3v) is 3.05. The highest BCUT2D eigenvalue weighted by Gasteiger charge is 2.17. The zero-order valence-electron chi connectivity index (χ0n) is 11.7. The van der Waals surface area contributed by atoms with Crippen molar-refractivity contribution in [1.29, 1.82) is 0 Å². The standard InChI is InChI=1S/C15H20N2O/c1-15(2,3)14-9-13(16-4)11-8-10(18-5)6-7-12(11)17-14/h6-9H,1-5H3,(H,16,17). The Labute approximate surface area is 108 Å². The van der Waals surface area contributed by atoms with E-state index in [2.05, 4.69) is 32.2 Å². The number of ether oxygens (including phenoxy) is 1. The van der Waals surface area contributed by atoms with Gasteiger partial charge in [-0.25, -0.2) is 0 Å². The van der Waals surface area contributed by atoms with Gasteiger partial charge in [-0.15, -0.1) is 0 Å². The molecule has 1 aromatic heterocycles. The summed E-state index contributed by atoms with van der Waals surface area (Å²) < 4.78 is 5.26. The van der Waals surface area contributed by atoms with E-state index in [1.807, 2.05) is 25.2 Å². The molecule has 0 saturated carbocycles. The number of fused-ring (bicyclic) bond motifs is 1. The molecule has 3 heteroatoms. The first-order chi connectivity index (χ1) is 8.45. The number of rotatable bonds is 2. The summed E-state index contributed by atoms with van der Waals surface area (Å²) >= 11 is 0. The molecule has 0 atom stereocenters. The zero-order valence-corrected chi connectivity index (χ0v) is 11.7. The third kappa shape index (κ3) is 2.26. The summed E-state index contributed by atoms with van der Waals surface area (Å²) in [6.45, 7) is 6.51. The Hall–Kier alpha value is -1.77. The SMILES string of the molecule is CNc1cc(C(C)(C)C)nc2ccc(OC)cc12. The smallest absolute Gasteiger partial charge is 0.119 e. The van der Waals surface area contributed by atoms with E-state index in [1.54, 1.807) is 7.11 Å². The molecule has 1 aromatic carbocycles. The van der Waals surface area contributed by atoms with Gasteiger partial charge >= 0.3 is 0 Å². The maximum atomic E-state index is 5.26. The molecule has 0 amide bonds. The lowest BCUT2D eigenvalue weighted by Crippen LogP contribution is -2.14. The minimum Gasteiger partial charge on any atom is -0.497 e. The second-order valence-electron chi connectivity index (χ2n) is 5.44. The summed E-state index contributed by atoms with van der Waals surface area (Å²) in [5.41, 5.74) is 3.21. The van der Waals surface area contributed by atoms with Gasteiger partial charge in [0, 0.05) is 29.2 Å². The van der Waals surface area contributed by atoms with Gasteiger partial charge in [-0.05, 0) is 24.3 Å². The number of hydrogen-bond acceptors (Lipinski definition) is 3. The number of methoxy groups -OCH3 is 1. The van der Waals surface area contributed by atoms with Gasteiger partial charge in [0.25, 0.3) is 0 Å². The molecule has 2 rings (SSSR count). The van der Waals surface area contributed by atoms with E-state index < -0.39 is 0 Å². The molecule has 0 saturated heterocycles. The highest BCUT2D eigenvalue weighted by Crippen LogP contribution is 2.31. The van der Waals surface area contributed by atoms with Crippen molar-refractivity contribution in [3.63, 3.8) is 0 Å². The van der Waals surface area contributed by atoms with Gasteiger partial charge in [0.2, 0.25) is 0 Å². The van der Waals surface area contributed by atoms with E-state index in [0.717, 1.165) is 28.0 Å². The van der Waals surface area contributed by atoms with E-state index in [0.29, 0.717) is 0 Å². The predicted molar refractivity (Wildman–Crippen MR) is 76.5 cm³/mol. The number of nitrogens with one attached hydrogen (secondary N) is 1. The largest absolute Gasteiger partial charge is 0.497 e. The lowest BCUT2D eigenvalue weighted by Gasteiger charge is -2.20. The lowest BCUT2D eigenvalue weighted by molar-refractivity contribution is 0.415. The van der Waals surface area contributed by atoms with E-state index in [4.69, 9.17) is 9.72 Å². The van der Waals surface area contributed by atoms with Crippen LogP contribution >= 0.6 is 0 Å². The zero-order chi connectivity index (χ0) is 13.3. The Bertz CT molecular complexity index is 570. The van der Waals surface area contributed by atoms with Gasteiger partial charge in [0.1, 0.15) is 5.75 Å². The van der Waals surface area contributed by atoms with Gasteiger partial charge in [-0.1, -0.05) is 20.8 Å². The molecule has 3 nitrogen and oxygen atoms in total. The van der Waals surface area contributed by atoms with Gasteiger partial charge < -0.3 is 10.1 Å². The summed E-state index contributed by atoms with van der Waals surface area (Å²) in [4.78, 5) is 4.73. The van der Waals surface area contributed by atoms with E-state index in [-0.39, 0.29) is 5.41 Å². The van der Waals surface area contributed by atoms with Crippen LogP contribution in [-0.4, -0.2) is 19.1 Å². The van der Waals surface area contributed by atoms with E-state index >= 15 is 0 Å². The third-order valence-electron chi connectivity index (χ3n) is 3.05. The van der Waals surface area contributed by atoms with Crippen LogP contribution in [0.3, 0.4) is 0 Å². The number of hydrogen-bond donors (Lipinski definition) is 1. The van der Waals surface area contributed by atoms with Crippen molar-refractivity contribution in [2.45, 2.75) is 26.2 Å². The van der Waals surface area contributed by atoms with Crippen LogP contribution in [-0.2, 0) is 5.41 Å². The van der Waals surface area contributed by atoms with Crippen LogP contribution in [0.2, 0.25) is 0 Å². The van der Waals surface area contributed by atoms with Crippen LogP contribution in [0.25, 0.3) is 10.9 Å². The molecule has 0 unspecified atom stereocenters. The first-order valence-corrected chi connectivity index (χ1v) is 6.12. The molecule has 0 aliphatic carbocycles. The van der Waals surface area contributed by atoms with Crippen molar-refractivity contribution in [3.05, 3.63) is 30.0 Å². The number of benzene rings is 1. The van der Waals surface area contributed by atoms with Crippen LogP contribution in [0.4, 0.5) is 5.69 Å². The Kier molecular flexibility index (Phi) is 3.16. The fraction of sp³-hybridized carbons (Fsp3) is 0.400. The molecule has 18 heavy (non-hydrogen) atoms. The molecule has 0 aliphatic rings. The molecule has 0 spiro atoms. The summed E-state index contributed by atoms with van der Waals surface area (Å²) in [6.07, 6.45) is 0. The Morgan fingerprint density at radius 3 is 2.44 bits per heavy atom. The summed E-state index contributed by atoms with van der Waals surface area (Å²) in [6, 6.07) is 8.08. The van der Waals surface area contributed by atoms with Gasteiger partial charge in [0.05, 0.1) is 12.6 Å². The molecule has 2 aromatic rings. The molecule has 0 bridgehead atoms. The molecule has 0 radical (unpaired) electrons. The highest BCUT2D eigenvalue weighted by atomic mass is 16.5. The average Bonchev–Trinajstić information content (AvgIpc) is 2.35. The monoisotopic (exact) mass is 244 g/mol. The molecular formula is C15H20N2O. The maximum Gasteiger partial charge on any atom is 0.119 e. The van der Waals surface area contributed by atoms with Crippen LogP contribution < -0.4 is 10.1 Å². The fourth-order valence-corrected chi connectivity index (χ4v) is 1.92. The minimum atomic E-state index is 0.0414. The molecule has 0 fully saturated rings. The first kappa shape index (κ1) is 12.7. The van der Waals surface area contributed by atoms with Gasteiger partial charge in [-0.2, -0.15) is 0 Å². The summed E-state index contributed by atoms with van der Waals surface area (Å²) in [5.74, 6) is 0.851. The number of pyridine rings is 1. The molecule has 1 N–H and O–H groups in total. The predicted octanol–water partition coefficient (Wildman–Crippen LogP) is 3.58. The Morgan fingerprint density at radius 2 is 1.89 bits per heavy atom. The van der Waals surface area contributed by atoms with Crippen molar-refractivity contribution >= 4 is 16.6 Å². The topological polar surface area (TPSA) is 34.2 Å². The van der Waals surface area contributed by atoms with Crippen molar-refractivity contribution in [2.75, 3.05) is 19.5 Å². The van der Waals surface area contributed by atoms with E-state index in [1.165, 1.54) is 0 Å². The van der Waals surface area contributed by atoms with Gasteiger partial charge in [-0.3, -0.25) is 4.98 Å². The fourth-order valence-electron chi connectivity index (χ4n) is 1.92. The van der Waals surface area contributed by atoms with Crippen LogP contribution in [0.1, 0.15) is 26.5 Å². The lowest BCUT2D eigenvalue weighted by atomic mass is 9.90. The first-order valence-electron chi connectivity index (χ1n) is 6.12. The second kappa shape index (κ2) is 4.48. The van der Waals surface area contributed by atoms with Crippen molar-refractivity contribution < 1.29 is 4.74 Å². The number of nitrogens with zero attached hydrogens (tertiary/aromatic N) is 1. The molecule has 96 valence electrons. The number of anilines is 1. The quantitative estimate of drug-likeness (QED) is 0.876. The minimum absolute atomic E-state index is 0.0414. The molecule has 0 aliphatic heterocycles. The maximum absolute atomic E-state index is 5.26. The Morgan fingerprint density at radius 1 is 1.17 bits per heavy atom. The Balaban J connectivity index is 2.71. The van der Waals surface area contributed by atoms with E-state index in [9.17, 15) is 0 Å². The normalized spacial score (nSPS) is 11.6.